The van der Waals surface area contributed by atoms with E-state index in [0.717, 1.165) is 24.8 Å². The summed E-state index contributed by atoms with van der Waals surface area (Å²) >= 11 is 0. The summed E-state index contributed by atoms with van der Waals surface area (Å²) in [7, 11) is 1.87. The molecule has 1 aliphatic rings. The molecule has 0 radical (unpaired) electrons. The molecule has 1 unspecified atom stereocenters. The average molecular weight is 269 g/mol. The maximum Gasteiger partial charge on any atom is 0.230 e. The number of fused-ring (bicyclic) bond motifs is 1. The van der Waals surface area contributed by atoms with E-state index in [-0.39, 0.29) is 11.8 Å². The number of aryl methyl sites for hydroxylation is 1. The van der Waals surface area contributed by atoms with E-state index in [1.54, 1.807) is 11.1 Å². The van der Waals surface area contributed by atoms with Crippen LogP contribution in [-0.2, 0) is 17.8 Å². The van der Waals surface area contributed by atoms with Gasteiger partial charge in [0.1, 0.15) is 0 Å². The third-order valence-electron chi connectivity index (χ3n) is 4.02. The van der Waals surface area contributed by atoms with Crippen molar-refractivity contribution in [1.29, 1.82) is 0 Å². The number of likely N-dealkylation sites (N-methyl/N-ethyl adjacent to an activating group) is 1. The Balaban J connectivity index is 1.77. The van der Waals surface area contributed by atoms with Crippen molar-refractivity contribution in [1.82, 2.24) is 15.1 Å². The van der Waals surface area contributed by atoms with Gasteiger partial charge in [-0.25, -0.2) is 0 Å². The number of nitrogens with zero attached hydrogens (tertiary/aromatic N) is 2. The zero-order chi connectivity index (χ0) is 13.9. The standard InChI is InChI=1S/C16H19N3O/c1-19(11-12-9-17-18-10-12)16(20)15-8-4-6-13-5-2-3-7-14(13)15/h2-3,5,7,9-10,15H,4,6,8,11H2,1H3,(H,17,18). The first kappa shape index (κ1) is 12.9. The number of benzene rings is 1. The van der Waals surface area contributed by atoms with Crippen LogP contribution < -0.4 is 0 Å². The van der Waals surface area contributed by atoms with Crippen LogP contribution in [-0.4, -0.2) is 28.1 Å². The number of hydrogen-bond donors (Lipinski definition) is 1. The molecule has 1 N–H and O–H groups in total. The lowest BCUT2D eigenvalue weighted by Crippen LogP contribution is -2.33. The van der Waals surface area contributed by atoms with Crippen molar-refractivity contribution in [3.05, 3.63) is 53.3 Å². The van der Waals surface area contributed by atoms with Gasteiger partial charge in [-0.15, -0.1) is 0 Å². The van der Waals surface area contributed by atoms with Crippen molar-refractivity contribution in [3.63, 3.8) is 0 Å². The van der Waals surface area contributed by atoms with Crippen LogP contribution in [0.2, 0.25) is 0 Å². The third-order valence-corrected chi connectivity index (χ3v) is 4.02. The maximum absolute atomic E-state index is 12.7. The highest BCUT2D eigenvalue weighted by atomic mass is 16.2. The minimum Gasteiger partial charge on any atom is -0.341 e. The van der Waals surface area contributed by atoms with E-state index in [0.29, 0.717) is 6.54 Å². The normalized spacial score (nSPS) is 17.6. The van der Waals surface area contributed by atoms with E-state index in [1.165, 1.54) is 11.1 Å². The van der Waals surface area contributed by atoms with Crippen LogP contribution in [0.1, 0.15) is 35.4 Å². The highest BCUT2D eigenvalue weighted by Gasteiger charge is 2.28. The van der Waals surface area contributed by atoms with E-state index in [2.05, 4.69) is 28.4 Å². The van der Waals surface area contributed by atoms with Gasteiger partial charge >= 0.3 is 0 Å². The third kappa shape index (κ3) is 2.46. The molecule has 0 fully saturated rings. The molecule has 0 bridgehead atoms. The van der Waals surface area contributed by atoms with Crippen molar-refractivity contribution >= 4 is 5.91 Å². The molecule has 1 aliphatic carbocycles. The molecule has 3 rings (SSSR count). The van der Waals surface area contributed by atoms with Crippen LogP contribution in [0.4, 0.5) is 0 Å². The average Bonchev–Trinajstić information content (AvgIpc) is 2.99. The number of rotatable bonds is 3. The van der Waals surface area contributed by atoms with Crippen molar-refractivity contribution in [3.8, 4) is 0 Å². The van der Waals surface area contributed by atoms with Crippen LogP contribution >= 0.6 is 0 Å². The number of amides is 1. The molecule has 4 heteroatoms. The molecule has 0 spiro atoms. The number of carbonyl (C=O) groups is 1. The van der Waals surface area contributed by atoms with Crippen LogP contribution in [0.3, 0.4) is 0 Å². The molecule has 1 aromatic carbocycles. The first-order valence-corrected chi connectivity index (χ1v) is 7.06. The number of aromatic nitrogens is 2. The van der Waals surface area contributed by atoms with Gasteiger partial charge < -0.3 is 4.90 Å². The van der Waals surface area contributed by atoms with Gasteiger partial charge in [-0.2, -0.15) is 5.10 Å². The first-order valence-electron chi connectivity index (χ1n) is 7.06. The highest BCUT2D eigenvalue weighted by molar-refractivity contribution is 5.84. The van der Waals surface area contributed by atoms with Gasteiger partial charge in [0, 0.05) is 25.4 Å². The fraction of sp³-hybridized carbons (Fsp3) is 0.375. The summed E-state index contributed by atoms with van der Waals surface area (Å²) in [4.78, 5) is 14.5. The molecule has 4 nitrogen and oxygen atoms in total. The van der Waals surface area contributed by atoms with Crippen LogP contribution in [0.25, 0.3) is 0 Å². The van der Waals surface area contributed by atoms with E-state index >= 15 is 0 Å². The van der Waals surface area contributed by atoms with Gasteiger partial charge in [0.05, 0.1) is 12.1 Å². The molecule has 0 aliphatic heterocycles. The number of hydrogen-bond acceptors (Lipinski definition) is 2. The summed E-state index contributed by atoms with van der Waals surface area (Å²) in [5, 5.41) is 6.70. The van der Waals surface area contributed by atoms with Crippen LogP contribution in [0.5, 0.6) is 0 Å². The molecule has 1 aromatic heterocycles. The van der Waals surface area contributed by atoms with Crippen molar-refractivity contribution in [2.45, 2.75) is 31.7 Å². The molecule has 1 heterocycles. The quantitative estimate of drug-likeness (QED) is 0.930. The largest absolute Gasteiger partial charge is 0.341 e. The lowest BCUT2D eigenvalue weighted by molar-refractivity contribution is -0.132. The van der Waals surface area contributed by atoms with E-state index < -0.39 is 0 Å². The Bertz CT molecular complexity index is 592. The van der Waals surface area contributed by atoms with Crippen molar-refractivity contribution in [2.75, 3.05) is 7.05 Å². The molecule has 0 saturated carbocycles. The van der Waals surface area contributed by atoms with Gasteiger partial charge in [0.15, 0.2) is 0 Å². The topological polar surface area (TPSA) is 49.0 Å². The summed E-state index contributed by atoms with van der Waals surface area (Å²) in [6.07, 6.45) is 6.72. The number of nitrogens with one attached hydrogen (secondary N) is 1. The molecule has 104 valence electrons. The number of carbonyl (C=O) groups excluding carboxylic acids is 1. The Kier molecular flexibility index (Phi) is 3.54. The van der Waals surface area contributed by atoms with Gasteiger partial charge in [-0.3, -0.25) is 9.89 Å². The SMILES string of the molecule is CN(Cc1cn[nH]c1)C(=O)C1CCCc2ccccc21. The number of H-pyrrole nitrogens is 1. The summed E-state index contributed by atoms with van der Waals surface area (Å²) in [6, 6.07) is 8.33. The van der Waals surface area contributed by atoms with Gasteiger partial charge in [-0.1, -0.05) is 24.3 Å². The fourth-order valence-corrected chi connectivity index (χ4v) is 2.99. The lowest BCUT2D eigenvalue weighted by Gasteiger charge is -2.28. The zero-order valence-electron chi connectivity index (χ0n) is 11.7. The monoisotopic (exact) mass is 269 g/mol. The Morgan fingerprint density at radius 3 is 3.10 bits per heavy atom. The zero-order valence-corrected chi connectivity index (χ0v) is 11.7. The summed E-state index contributed by atoms with van der Waals surface area (Å²) in [5.74, 6) is 0.218. The Morgan fingerprint density at radius 2 is 2.30 bits per heavy atom. The van der Waals surface area contributed by atoms with E-state index in [9.17, 15) is 4.79 Å². The molecular formula is C16H19N3O. The van der Waals surface area contributed by atoms with Crippen molar-refractivity contribution in [2.24, 2.45) is 0 Å². The van der Waals surface area contributed by atoms with Crippen LogP contribution in [0, 0.1) is 0 Å². The minimum absolute atomic E-state index is 0.0110. The molecule has 2 aromatic rings. The lowest BCUT2D eigenvalue weighted by atomic mass is 9.82. The van der Waals surface area contributed by atoms with Gasteiger partial charge in [-0.05, 0) is 30.4 Å². The number of aromatic amines is 1. The predicted octanol–water partition coefficient (Wildman–Crippen LogP) is 2.49. The molecule has 1 atom stereocenters. The summed E-state index contributed by atoms with van der Waals surface area (Å²) in [6.45, 7) is 0.605. The Hall–Kier alpha value is -2.10. The molecule has 0 saturated heterocycles. The van der Waals surface area contributed by atoms with Crippen molar-refractivity contribution < 1.29 is 4.79 Å². The highest BCUT2D eigenvalue weighted by Crippen LogP contribution is 2.32. The second kappa shape index (κ2) is 5.49. The molecule has 1 amide bonds. The van der Waals surface area contributed by atoms with Gasteiger partial charge in [0.25, 0.3) is 0 Å². The predicted molar refractivity (Wildman–Crippen MR) is 77.2 cm³/mol. The molecule has 20 heavy (non-hydrogen) atoms. The van der Waals surface area contributed by atoms with E-state index in [4.69, 9.17) is 0 Å². The minimum atomic E-state index is 0.0110. The summed E-state index contributed by atoms with van der Waals surface area (Å²) < 4.78 is 0. The van der Waals surface area contributed by atoms with Crippen LogP contribution in [0.15, 0.2) is 36.7 Å². The van der Waals surface area contributed by atoms with Gasteiger partial charge in [0.2, 0.25) is 5.91 Å². The maximum atomic E-state index is 12.7. The first-order chi connectivity index (χ1) is 9.75. The smallest absolute Gasteiger partial charge is 0.230 e. The second-order valence-electron chi connectivity index (χ2n) is 5.44. The fourth-order valence-electron chi connectivity index (χ4n) is 2.99. The second-order valence-corrected chi connectivity index (χ2v) is 5.44. The Morgan fingerprint density at radius 1 is 1.45 bits per heavy atom. The molecular weight excluding hydrogens is 250 g/mol. The van der Waals surface area contributed by atoms with E-state index in [1.807, 2.05) is 19.3 Å². The summed E-state index contributed by atoms with van der Waals surface area (Å²) in [5.41, 5.74) is 3.57. The Labute approximate surface area is 118 Å².